The SMILES string of the molecule is c1ccc2cc(-c3ccc(N(c4ccc(-c5ccc6ncccc6c5)cc4)c4ccc5c(c4)oc4cc6ccccc6cc45)cc3)ccc2c1. The van der Waals surface area contributed by atoms with Gasteiger partial charge in [0.2, 0.25) is 0 Å². The average Bonchev–Trinajstić information content (AvgIpc) is 3.53. The smallest absolute Gasteiger partial charge is 0.137 e. The summed E-state index contributed by atoms with van der Waals surface area (Å²) in [5, 5.41) is 8.25. The van der Waals surface area contributed by atoms with Crippen LogP contribution in [0.5, 0.6) is 0 Å². The minimum absolute atomic E-state index is 0.868. The van der Waals surface area contributed by atoms with Crippen molar-refractivity contribution < 1.29 is 4.42 Å². The lowest BCUT2D eigenvalue weighted by atomic mass is 10.0. The highest BCUT2D eigenvalue weighted by Gasteiger charge is 2.17. The molecule has 0 radical (unpaired) electrons. The number of anilines is 3. The summed E-state index contributed by atoms with van der Waals surface area (Å²) >= 11 is 0. The van der Waals surface area contributed by atoms with Crippen LogP contribution in [0.25, 0.3) is 76.6 Å². The van der Waals surface area contributed by atoms with E-state index in [1.54, 1.807) is 0 Å². The summed E-state index contributed by atoms with van der Waals surface area (Å²) in [7, 11) is 0. The first-order valence-electron chi connectivity index (χ1n) is 16.9. The second kappa shape index (κ2) is 11.5. The third-order valence-electron chi connectivity index (χ3n) is 9.85. The molecule has 50 heavy (non-hydrogen) atoms. The van der Waals surface area contributed by atoms with E-state index < -0.39 is 0 Å². The topological polar surface area (TPSA) is 29.3 Å². The highest BCUT2D eigenvalue weighted by Crippen LogP contribution is 2.40. The van der Waals surface area contributed by atoms with Gasteiger partial charge in [-0.05, 0) is 117 Å². The molecule has 0 saturated heterocycles. The Morgan fingerprint density at radius 3 is 1.62 bits per heavy atom. The van der Waals surface area contributed by atoms with E-state index in [4.69, 9.17) is 4.42 Å². The van der Waals surface area contributed by atoms with Crippen molar-refractivity contribution in [3.63, 3.8) is 0 Å². The molecule has 0 unspecified atom stereocenters. The Balaban J connectivity index is 1.08. The van der Waals surface area contributed by atoms with Gasteiger partial charge in [-0.2, -0.15) is 0 Å². The molecule has 0 atom stereocenters. The fourth-order valence-corrected chi connectivity index (χ4v) is 7.27. The number of hydrogen-bond acceptors (Lipinski definition) is 3. The van der Waals surface area contributed by atoms with Crippen LogP contribution in [0.15, 0.2) is 187 Å². The van der Waals surface area contributed by atoms with Crippen LogP contribution in [0.4, 0.5) is 17.1 Å². The van der Waals surface area contributed by atoms with Crippen molar-refractivity contribution in [2.24, 2.45) is 0 Å². The van der Waals surface area contributed by atoms with Crippen LogP contribution in [-0.2, 0) is 0 Å². The van der Waals surface area contributed by atoms with Gasteiger partial charge in [0, 0.05) is 45.5 Å². The van der Waals surface area contributed by atoms with Gasteiger partial charge in [-0.25, -0.2) is 0 Å². The van der Waals surface area contributed by atoms with Gasteiger partial charge >= 0.3 is 0 Å². The van der Waals surface area contributed by atoms with Crippen molar-refractivity contribution in [3.05, 3.63) is 182 Å². The molecule has 0 N–H and O–H groups in total. The largest absolute Gasteiger partial charge is 0.456 e. The van der Waals surface area contributed by atoms with Gasteiger partial charge in [0.1, 0.15) is 11.2 Å². The van der Waals surface area contributed by atoms with E-state index >= 15 is 0 Å². The lowest BCUT2D eigenvalue weighted by molar-refractivity contribution is 0.669. The lowest BCUT2D eigenvalue weighted by Crippen LogP contribution is -2.09. The van der Waals surface area contributed by atoms with E-state index in [1.807, 2.05) is 12.3 Å². The summed E-state index contributed by atoms with van der Waals surface area (Å²) < 4.78 is 6.52. The molecule has 0 aliphatic carbocycles. The summed E-state index contributed by atoms with van der Waals surface area (Å²) in [6.45, 7) is 0. The quantitative estimate of drug-likeness (QED) is 0.188. The van der Waals surface area contributed by atoms with Crippen LogP contribution >= 0.6 is 0 Å². The predicted octanol–water partition coefficient (Wildman–Crippen LogP) is 13.2. The number of nitrogens with zero attached hydrogens (tertiary/aromatic N) is 2. The van der Waals surface area contributed by atoms with E-state index in [2.05, 4.69) is 180 Å². The van der Waals surface area contributed by atoms with Crippen LogP contribution in [0, 0.1) is 0 Å². The van der Waals surface area contributed by atoms with Gasteiger partial charge in [0.15, 0.2) is 0 Å². The van der Waals surface area contributed by atoms with Crippen LogP contribution in [0.1, 0.15) is 0 Å². The molecule has 10 aromatic rings. The molecule has 10 rings (SSSR count). The highest BCUT2D eigenvalue weighted by molar-refractivity contribution is 6.11. The molecule has 8 aromatic carbocycles. The van der Waals surface area contributed by atoms with E-state index in [-0.39, 0.29) is 0 Å². The molecule has 2 heterocycles. The zero-order chi connectivity index (χ0) is 33.0. The van der Waals surface area contributed by atoms with Crippen molar-refractivity contribution in [1.82, 2.24) is 4.98 Å². The first kappa shape index (κ1) is 28.3. The van der Waals surface area contributed by atoms with Crippen molar-refractivity contribution >= 4 is 71.4 Å². The molecule has 0 aliphatic rings. The van der Waals surface area contributed by atoms with Crippen LogP contribution in [0.2, 0.25) is 0 Å². The minimum Gasteiger partial charge on any atom is -0.456 e. The Kier molecular flexibility index (Phi) is 6.49. The van der Waals surface area contributed by atoms with E-state index in [0.29, 0.717) is 0 Å². The summed E-state index contributed by atoms with van der Waals surface area (Å²) in [6.07, 6.45) is 1.84. The standard InChI is InChI=1S/C47H30N2O/c1-2-7-34-26-37(12-11-31(34)6-1)32-13-18-40(19-14-32)49(41-20-15-33(16-21-41)38-17-24-45-39(27-38)10-5-25-48-45)42-22-23-43-44-28-35-8-3-4-9-36(35)29-46(44)50-47(43)30-42/h1-30H. The minimum atomic E-state index is 0.868. The van der Waals surface area contributed by atoms with Crippen LogP contribution in [0.3, 0.4) is 0 Å². The van der Waals surface area contributed by atoms with Gasteiger partial charge in [0.05, 0.1) is 5.52 Å². The maximum Gasteiger partial charge on any atom is 0.137 e. The Morgan fingerprint density at radius 1 is 0.360 bits per heavy atom. The van der Waals surface area contributed by atoms with Crippen LogP contribution < -0.4 is 4.90 Å². The second-order valence-electron chi connectivity index (χ2n) is 12.9. The van der Waals surface area contributed by atoms with Gasteiger partial charge in [0.25, 0.3) is 0 Å². The van der Waals surface area contributed by atoms with E-state index in [9.17, 15) is 0 Å². The van der Waals surface area contributed by atoms with E-state index in [0.717, 1.165) is 55.5 Å². The molecule has 0 spiro atoms. The van der Waals surface area contributed by atoms with Gasteiger partial charge in [-0.1, -0.05) is 97.1 Å². The molecule has 0 fully saturated rings. The molecule has 234 valence electrons. The first-order chi connectivity index (χ1) is 24.7. The third kappa shape index (κ3) is 4.87. The van der Waals surface area contributed by atoms with E-state index in [1.165, 1.54) is 38.2 Å². The Labute approximate surface area is 289 Å². The number of fused-ring (bicyclic) bond motifs is 6. The van der Waals surface area contributed by atoms with Crippen molar-refractivity contribution in [2.45, 2.75) is 0 Å². The molecule has 3 nitrogen and oxygen atoms in total. The summed E-state index contributed by atoms with van der Waals surface area (Å²) in [5.41, 5.74) is 10.6. The molecule has 0 bridgehead atoms. The number of pyridine rings is 1. The number of furan rings is 1. The van der Waals surface area contributed by atoms with Gasteiger partial charge in [-0.15, -0.1) is 0 Å². The number of rotatable bonds is 5. The molecular formula is C47H30N2O. The molecular weight excluding hydrogens is 609 g/mol. The summed E-state index contributed by atoms with van der Waals surface area (Å²) in [6, 6.07) is 62.8. The normalized spacial score (nSPS) is 11.6. The fraction of sp³-hybridized carbons (Fsp3) is 0. The number of aromatic nitrogens is 1. The molecule has 0 aliphatic heterocycles. The van der Waals surface area contributed by atoms with Crippen LogP contribution in [-0.4, -0.2) is 4.98 Å². The van der Waals surface area contributed by atoms with Gasteiger partial charge < -0.3 is 9.32 Å². The second-order valence-corrected chi connectivity index (χ2v) is 12.9. The first-order valence-corrected chi connectivity index (χ1v) is 16.9. The lowest BCUT2D eigenvalue weighted by Gasteiger charge is -2.26. The molecule has 0 amide bonds. The van der Waals surface area contributed by atoms with Gasteiger partial charge in [-0.3, -0.25) is 4.98 Å². The highest BCUT2D eigenvalue weighted by atomic mass is 16.3. The predicted molar refractivity (Wildman–Crippen MR) is 210 cm³/mol. The zero-order valence-corrected chi connectivity index (χ0v) is 27.1. The average molecular weight is 639 g/mol. The van der Waals surface area contributed by atoms with Crippen molar-refractivity contribution in [3.8, 4) is 22.3 Å². The molecule has 3 heteroatoms. The maximum absolute atomic E-state index is 6.52. The monoisotopic (exact) mass is 638 g/mol. The van der Waals surface area contributed by atoms with Crippen molar-refractivity contribution in [2.75, 3.05) is 4.90 Å². The molecule has 0 saturated carbocycles. The molecule has 2 aromatic heterocycles. The maximum atomic E-state index is 6.52. The Bertz CT molecular complexity index is 2750. The van der Waals surface area contributed by atoms with Crippen molar-refractivity contribution in [1.29, 1.82) is 0 Å². The summed E-state index contributed by atoms with van der Waals surface area (Å²) in [5.74, 6) is 0. The Morgan fingerprint density at radius 2 is 0.900 bits per heavy atom. The number of hydrogen-bond donors (Lipinski definition) is 0. The summed E-state index contributed by atoms with van der Waals surface area (Å²) in [4.78, 5) is 6.80. The fourth-order valence-electron chi connectivity index (χ4n) is 7.27. The number of benzene rings is 8. The Hall–Kier alpha value is -6.71. The third-order valence-corrected chi connectivity index (χ3v) is 9.85. The zero-order valence-electron chi connectivity index (χ0n) is 27.1.